The first-order valence-corrected chi connectivity index (χ1v) is 11.2. The molecule has 0 radical (unpaired) electrons. The molecule has 2 heterocycles. The van der Waals surface area contributed by atoms with Crippen LogP contribution in [0.1, 0.15) is 30.5 Å². The summed E-state index contributed by atoms with van der Waals surface area (Å²) in [5.74, 6) is 2.24. The van der Waals surface area contributed by atoms with Gasteiger partial charge < -0.3 is 19.3 Å². The molecule has 0 atom stereocenters. The van der Waals surface area contributed by atoms with Crippen molar-refractivity contribution in [3.63, 3.8) is 0 Å². The maximum absolute atomic E-state index is 13.2. The van der Waals surface area contributed by atoms with Crippen LogP contribution < -0.4 is 9.47 Å². The zero-order valence-corrected chi connectivity index (χ0v) is 19.4. The first kappa shape index (κ1) is 22.0. The molecule has 0 unspecified atom stereocenters. The maximum atomic E-state index is 13.2. The number of rotatable bonds is 6. The van der Waals surface area contributed by atoms with Crippen LogP contribution in [0.3, 0.4) is 0 Å². The Labute approximate surface area is 190 Å². The summed E-state index contributed by atoms with van der Waals surface area (Å²) in [6.07, 6.45) is 5.30. The van der Waals surface area contributed by atoms with Gasteiger partial charge in [0.2, 0.25) is 5.91 Å². The highest BCUT2D eigenvalue weighted by Crippen LogP contribution is 2.29. The van der Waals surface area contributed by atoms with Crippen molar-refractivity contribution in [1.82, 2.24) is 9.80 Å². The van der Waals surface area contributed by atoms with Crippen molar-refractivity contribution >= 4 is 11.5 Å². The Morgan fingerprint density at radius 1 is 1.00 bits per heavy atom. The molecule has 0 saturated carbocycles. The predicted octanol–water partition coefficient (Wildman–Crippen LogP) is 4.53. The van der Waals surface area contributed by atoms with E-state index in [-0.39, 0.29) is 5.91 Å². The molecule has 0 aliphatic carbocycles. The largest absolute Gasteiger partial charge is 0.497 e. The Bertz CT molecular complexity index is 1040. The number of hydrogen-bond donors (Lipinski definition) is 0. The molecule has 4 rings (SSSR count). The van der Waals surface area contributed by atoms with Gasteiger partial charge in [-0.3, -0.25) is 4.79 Å². The molecular formula is C27H32N2O3. The molecule has 0 saturated heterocycles. The van der Waals surface area contributed by atoms with Gasteiger partial charge >= 0.3 is 0 Å². The Morgan fingerprint density at radius 2 is 1.72 bits per heavy atom. The maximum Gasteiger partial charge on any atom is 0.242 e. The first-order valence-electron chi connectivity index (χ1n) is 11.2. The number of allylic oxidation sites excluding steroid dienone is 3. The summed E-state index contributed by atoms with van der Waals surface area (Å²) in [7, 11) is 3.37. The Kier molecular flexibility index (Phi) is 6.54. The molecule has 2 aliphatic heterocycles. The van der Waals surface area contributed by atoms with Crippen molar-refractivity contribution in [3.05, 3.63) is 77.0 Å². The predicted molar refractivity (Wildman–Crippen MR) is 128 cm³/mol. The van der Waals surface area contributed by atoms with Crippen molar-refractivity contribution in [2.24, 2.45) is 5.92 Å². The quantitative estimate of drug-likeness (QED) is 0.673. The summed E-state index contributed by atoms with van der Waals surface area (Å²) < 4.78 is 10.6. The molecule has 2 aromatic rings. The second kappa shape index (κ2) is 9.51. The minimum Gasteiger partial charge on any atom is -0.497 e. The number of benzene rings is 2. The number of hydrogen-bond acceptors (Lipinski definition) is 4. The van der Waals surface area contributed by atoms with Gasteiger partial charge in [-0.1, -0.05) is 38.1 Å². The number of methoxy groups -OCH3 is 2. The number of nitrogens with zero attached hydrogens (tertiary/aromatic N) is 2. The van der Waals surface area contributed by atoms with Crippen molar-refractivity contribution < 1.29 is 14.3 Å². The molecule has 5 nitrogen and oxygen atoms in total. The lowest BCUT2D eigenvalue weighted by Crippen LogP contribution is -2.43. The lowest BCUT2D eigenvalue weighted by atomic mass is 9.96. The van der Waals surface area contributed by atoms with Crippen LogP contribution in [0.15, 0.2) is 60.3 Å². The normalized spacial score (nSPS) is 15.8. The highest BCUT2D eigenvalue weighted by Gasteiger charge is 2.25. The van der Waals surface area contributed by atoms with Gasteiger partial charge in [-0.05, 0) is 64.9 Å². The number of carbonyl (C=O) groups is 1. The van der Waals surface area contributed by atoms with E-state index in [1.54, 1.807) is 14.2 Å². The van der Waals surface area contributed by atoms with E-state index in [0.29, 0.717) is 19.0 Å². The number of fused-ring (bicyclic) bond motifs is 1. The van der Waals surface area contributed by atoms with Gasteiger partial charge in [-0.2, -0.15) is 0 Å². The summed E-state index contributed by atoms with van der Waals surface area (Å²) in [5, 5.41) is 0. The monoisotopic (exact) mass is 432 g/mol. The Morgan fingerprint density at radius 3 is 2.41 bits per heavy atom. The van der Waals surface area contributed by atoms with Crippen LogP contribution in [0.2, 0.25) is 0 Å². The average Bonchev–Trinajstić information content (AvgIpc) is 2.83. The van der Waals surface area contributed by atoms with E-state index in [0.717, 1.165) is 36.6 Å². The van der Waals surface area contributed by atoms with Gasteiger partial charge in [-0.25, -0.2) is 0 Å². The van der Waals surface area contributed by atoms with Gasteiger partial charge in [0.25, 0.3) is 0 Å². The third-order valence-electron chi connectivity index (χ3n) is 6.32. The van der Waals surface area contributed by atoms with E-state index in [9.17, 15) is 4.79 Å². The average molecular weight is 433 g/mol. The minimum absolute atomic E-state index is 0.180. The number of ether oxygens (including phenoxy) is 2. The minimum atomic E-state index is 0.180. The van der Waals surface area contributed by atoms with Crippen LogP contribution in [0.5, 0.6) is 11.5 Å². The van der Waals surface area contributed by atoms with Crippen LogP contribution in [0.4, 0.5) is 0 Å². The Hall–Kier alpha value is -3.21. The van der Waals surface area contributed by atoms with Crippen molar-refractivity contribution in [3.8, 4) is 11.5 Å². The van der Waals surface area contributed by atoms with Gasteiger partial charge in [-0.15, -0.1) is 0 Å². The third-order valence-corrected chi connectivity index (χ3v) is 6.32. The van der Waals surface area contributed by atoms with Crippen molar-refractivity contribution in [1.29, 1.82) is 0 Å². The topological polar surface area (TPSA) is 42.0 Å². The lowest BCUT2D eigenvalue weighted by molar-refractivity contribution is -0.132. The van der Waals surface area contributed by atoms with E-state index in [1.165, 1.54) is 22.4 Å². The summed E-state index contributed by atoms with van der Waals surface area (Å²) >= 11 is 0. The van der Waals surface area contributed by atoms with Gasteiger partial charge in [0, 0.05) is 25.3 Å². The molecular weight excluding hydrogens is 400 g/mol. The van der Waals surface area contributed by atoms with Crippen LogP contribution in [0, 0.1) is 5.92 Å². The van der Waals surface area contributed by atoms with E-state index in [1.807, 2.05) is 23.1 Å². The molecule has 0 aromatic heterocycles. The van der Waals surface area contributed by atoms with Crippen LogP contribution in [-0.2, 0) is 17.8 Å². The Balaban J connectivity index is 1.45. The van der Waals surface area contributed by atoms with Gasteiger partial charge in [0.15, 0.2) is 0 Å². The van der Waals surface area contributed by atoms with Crippen molar-refractivity contribution in [2.75, 3.05) is 33.9 Å². The van der Waals surface area contributed by atoms with E-state index < -0.39 is 0 Å². The molecule has 168 valence electrons. The molecule has 0 N–H and O–H groups in total. The summed E-state index contributed by atoms with van der Waals surface area (Å²) in [6, 6.07) is 14.3. The fraction of sp³-hybridized carbons (Fsp3) is 0.370. The first-order chi connectivity index (χ1) is 15.5. The van der Waals surface area contributed by atoms with E-state index in [2.05, 4.69) is 55.2 Å². The number of amides is 1. The third kappa shape index (κ3) is 4.67. The van der Waals surface area contributed by atoms with E-state index in [4.69, 9.17) is 9.47 Å². The van der Waals surface area contributed by atoms with Crippen LogP contribution in [-0.4, -0.2) is 49.6 Å². The SMILES string of the molecule is COc1ccc(C2=CCN(CC(=O)N3CCc4cc(OC)ccc4C3)C(C(C)C)=C2)cc1. The van der Waals surface area contributed by atoms with Crippen LogP contribution in [0.25, 0.3) is 5.57 Å². The fourth-order valence-corrected chi connectivity index (χ4v) is 4.43. The summed E-state index contributed by atoms with van der Waals surface area (Å²) in [6.45, 7) is 6.93. The van der Waals surface area contributed by atoms with Crippen LogP contribution >= 0.6 is 0 Å². The standard InChI is InChI=1S/C27H32N2O3/c1-19(2)26-16-22(20-5-8-24(31-3)9-6-20)11-13-28(26)18-27(30)29-14-12-21-15-25(32-4)10-7-23(21)17-29/h5-11,15-16,19H,12-14,17-18H2,1-4H3. The molecule has 5 heteroatoms. The highest BCUT2D eigenvalue weighted by molar-refractivity contribution is 5.80. The zero-order valence-electron chi connectivity index (χ0n) is 19.4. The fourth-order valence-electron chi connectivity index (χ4n) is 4.43. The molecule has 0 spiro atoms. The van der Waals surface area contributed by atoms with Crippen molar-refractivity contribution in [2.45, 2.75) is 26.8 Å². The molecule has 0 bridgehead atoms. The smallest absolute Gasteiger partial charge is 0.242 e. The van der Waals surface area contributed by atoms with E-state index >= 15 is 0 Å². The zero-order chi connectivity index (χ0) is 22.7. The summed E-state index contributed by atoms with van der Waals surface area (Å²) in [4.78, 5) is 17.4. The second-order valence-electron chi connectivity index (χ2n) is 8.69. The summed E-state index contributed by atoms with van der Waals surface area (Å²) in [5.41, 5.74) is 6.05. The second-order valence-corrected chi connectivity index (χ2v) is 8.69. The highest BCUT2D eigenvalue weighted by atomic mass is 16.5. The molecule has 1 amide bonds. The molecule has 0 fully saturated rings. The lowest BCUT2D eigenvalue weighted by Gasteiger charge is -2.35. The molecule has 2 aliphatic rings. The van der Waals surface area contributed by atoms with Gasteiger partial charge in [0.05, 0.1) is 20.8 Å². The van der Waals surface area contributed by atoms with Gasteiger partial charge in [0.1, 0.15) is 11.5 Å². The number of carbonyl (C=O) groups excluding carboxylic acids is 1. The molecule has 32 heavy (non-hydrogen) atoms. The molecule has 2 aromatic carbocycles.